The van der Waals surface area contributed by atoms with Gasteiger partial charge in [0.1, 0.15) is 0 Å². The number of benzene rings is 1. The van der Waals surface area contributed by atoms with Gasteiger partial charge in [0.05, 0.1) is 0 Å². The van der Waals surface area contributed by atoms with Crippen LogP contribution in [0.5, 0.6) is 0 Å². The molecule has 0 bridgehead atoms. The molecule has 0 atom stereocenters. The average Bonchev–Trinajstić information content (AvgIpc) is 2.74. The van der Waals surface area contributed by atoms with Gasteiger partial charge in [-0.2, -0.15) is 0 Å². The molecule has 0 unspecified atom stereocenters. The van der Waals surface area contributed by atoms with Crippen molar-refractivity contribution in [1.29, 1.82) is 0 Å². The molecule has 1 aromatic heterocycles. The lowest BCUT2D eigenvalue weighted by atomic mass is 10.1. The Bertz CT molecular complexity index is 683. The third-order valence-electron chi connectivity index (χ3n) is 4.53. The largest absolute Gasteiger partial charge is 0.317 e. The maximum absolute atomic E-state index is 4.27. The van der Waals surface area contributed by atoms with Crippen LogP contribution in [0.2, 0.25) is 0 Å². The van der Waals surface area contributed by atoms with Crippen molar-refractivity contribution >= 4 is 5.57 Å². The number of hydrogen-bond donors (Lipinski definition) is 1. The maximum Gasteiger partial charge on any atom is 0.0404 e. The summed E-state index contributed by atoms with van der Waals surface area (Å²) in [5.74, 6) is 0. The second-order valence-electron chi connectivity index (χ2n) is 7.51. The Kier molecular flexibility index (Phi) is 15.5. The summed E-state index contributed by atoms with van der Waals surface area (Å²) >= 11 is 0. The first-order chi connectivity index (χ1) is 13.8. The predicted octanol–water partition coefficient (Wildman–Crippen LogP) is 7.38. The number of aromatic nitrogens is 1. The van der Waals surface area contributed by atoms with Crippen LogP contribution in [0.3, 0.4) is 0 Å². The van der Waals surface area contributed by atoms with Crippen LogP contribution in [-0.2, 0) is 0 Å². The molecule has 0 radical (unpaired) electrons. The van der Waals surface area contributed by atoms with E-state index < -0.39 is 0 Å². The van der Waals surface area contributed by atoms with E-state index >= 15 is 0 Å². The highest BCUT2D eigenvalue weighted by Gasteiger charge is 1.94. The van der Waals surface area contributed by atoms with Gasteiger partial charge in [0, 0.05) is 11.4 Å². The molecule has 0 saturated carbocycles. The van der Waals surface area contributed by atoms with E-state index in [1.54, 1.807) is 0 Å². The van der Waals surface area contributed by atoms with Crippen LogP contribution in [0.15, 0.2) is 55.6 Å². The lowest BCUT2D eigenvalue weighted by Gasteiger charge is -2.08. The van der Waals surface area contributed by atoms with Crippen LogP contribution in [0.4, 0.5) is 0 Å². The van der Waals surface area contributed by atoms with Gasteiger partial charge in [-0.05, 0) is 84.2 Å². The molecule has 1 aliphatic rings. The van der Waals surface area contributed by atoms with Crippen LogP contribution in [0, 0.1) is 27.7 Å². The van der Waals surface area contributed by atoms with Crippen LogP contribution >= 0.6 is 0 Å². The highest BCUT2D eigenvalue weighted by Crippen LogP contribution is 2.11. The SMILES string of the molecule is C1CCNCC1.C=C(C)c1ccc(C)cc1.C=CCC.Cc1ccc(C)c(C)n1. The first-order valence-electron chi connectivity index (χ1n) is 10.8. The monoisotopic (exact) mass is 394 g/mol. The molecule has 1 N–H and O–H groups in total. The highest BCUT2D eigenvalue weighted by molar-refractivity contribution is 5.61. The van der Waals surface area contributed by atoms with Crippen molar-refractivity contribution in [1.82, 2.24) is 10.3 Å². The molecule has 1 fully saturated rings. The van der Waals surface area contributed by atoms with Crippen molar-refractivity contribution in [3.8, 4) is 0 Å². The van der Waals surface area contributed by atoms with Crippen molar-refractivity contribution in [2.24, 2.45) is 0 Å². The van der Waals surface area contributed by atoms with E-state index in [0.717, 1.165) is 23.4 Å². The van der Waals surface area contributed by atoms with E-state index in [-0.39, 0.29) is 0 Å². The van der Waals surface area contributed by atoms with Gasteiger partial charge in [-0.1, -0.05) is 67.5 Å². The van der Waals surface area contributed by atoms with Crippen molar-refractivity contribution in [3.05, 3.63) is 83.7 Å². The van der Waals surface area contributed by atoms with Gasteiger partial charge in [-0.25, -0.2) is 0 Å². The van der Waals surface area contributed by atoms with Crippen molar-refractivity contribution in [2.75, 3.05) is 13.1 Å². The van der Waals surface area contributed by atoms with Crippen molar-refractivity contribution in [2.45, 2.75) is 67.2 Å². The van der Waals surface area contributed by atoms with Crippen LogP contribution in [0.1, 0.15) is 67.6 Å². The fourth-order valence-corrected chi connectivity index (χ4v) is 2.40. The van der Waals surface area contributed by atoms with E-state index in [1.165, 1.54) is 49.0 Å². The van der Waals surface area contributed by atoms with Gasteiger partial charge >= 0.3 is 0 Å². The molecule has 29 heavy (non-hydrogen) atoms. The Labute approximate surface area is 180 Å². The molecule has 1 aromatic carbocycles. The number of rotatable bonds is 2. The number of piperidine rings is 1. The Morgan fingerprint density at radius 1 is 0.966 bits per heavy atom. The van der Waals surface area contributed by atoms with Crippen molar-refractivity contribution < 1.29 is 0 Å². The summed E-state index contributed by atoms with van der Waals surface area (Å²) in [7, 11) is 0. The van der Waals surface area contributed by atoms with Crippen molar-refractivity contribution in [3.63, 3.8) is 0 Å². The van der Waals surface area contributed by atoms with Crippen LogP contribution < -0.4 is 5.32 Å². The third-order valence-corrected chi connectivity index (χ3v) is 4.53. The summed E-state index contributed by atoms with van der Waals surface area (Å²) < 4.78 is 0. The molecule has 1 aliphatic heterocycles. The first-order valence-corrected chi connectivity index (χ1v) is 10.8. The molecule has 160 valence electrons. The quantitative estimate of drug-likeness (QED) is 0.538. The summed E-state index contributed by atoms with van der Waals surface area (Å²) in [6.45, 7) is 22.1. The maximum atomic E-state index is 4.27. The van der Waals surface area contributed by atoms with E-state index in [2.05, 4.69) is 74.6 Å². The minimum Gasteiger partial charge on any atom is -0.317 e. The molecular weight excluding hydrogens is 352 g/mol. The normalized spacial score (nSPS) is 12.1. The Balaban J connectivity index is 0.000000380. The summed E-state index contributed by atoms with van der Waals surface area (Å²) in [4.78, 5) is 4.27. The Morgan fingerprint density at radius 3 is 1.83 bits per heavy atom. The lowest BCUT2D eigenvalue weighted by Crippen LogP contribution is -2.21. The molecule has 0 amide bonds. The molecule has 1 saturated heterocycles. The van der Waals surface area contributed by atoms with Gasteiger partial charge in [0.25, 0.3) is 0 Å². The standard InChI is InChI=1S/C10H12.C8H11N.C5H11N.C4H8/c1-8(2)10-6-4-9(3)5-7-10;1-6-4-5-7(2)9-8(6)3;1-2-4-6-5-3-1;1-3-4-2/h4-7H,1H2,2-3H3;4-5H,1-3H3;6H,1-5H2;3H,1,4H2,2H3. The molecule has 2 heterocycles. The lowest BCUT2D eigenvalue weighted by molar-refractivity contribution is 0.520. The predicted molar refractivity (Wildman–Crippen MR) is 132 cm³/mol. The third kappa shape index (κ3) is 14.5. The van der Waals surface area contributed by atoms with Gasteiger partial charge in [0.2, 0.25) is 0 Å². The van der Waals surface area contributed by atoms with E-state index in [1.807, 2.05) is 32.9 Å². The summed E-state index contributed by atoms with van der Waals surface area (Å²) in [6, 6.07) is 12.5. The number of nitrogens with zero attached hydrogens (tertiary/aromatic N) is 1. The van der Waals surface area contributed by atoms with Gasteiger partial charge in [0.15, 0.2) is 0 Å². The fourth-order valence-electron chi connectivity index (χ4n) is 2.40. The molecule has 3 rings (SSSR count). The molecule has 2 heteroatoms. The van der Waals surface area contributed by atoms with Crippen LogP contribution in [0.25, 0.3) is 5.57 Å². The second-order valence-corrected chi connectivity index (χ2v) is 7.51. The number of aryl methyl sites for hydroxylation is 4. The Morgan fingerprint density at radius 2 is 1.52 bits per heavy atom. The second kappa shape index (κ2) is 16.7. The molecule has 2 aromatic rings. The zero-order valence-corrected chi connectivity index (χ0v) is 19.6. The summed E-state index contributed by atoms with van der Waals surface area (Å²) in [5.41, 5.74) is 7.14. The van der Waals surface area contributed by atoms with E-state index in [0.29, 0.717) is 0 Å². The zero-order valence-electron chi connectivity index (χ0n) is 19.6. The molecule has 0 spiro atoms. The molecule has 0 aliphatic carbocycles. The first kappa shape index (κ1) is 26.8. The smallest absolute Gasteiger partial charge is 0.0404 e. The number of pyridine rings is 1. The summed E-state index contributed by atoms with van der Waals surface area (Å²) in [6.07, 6.45) is 7.17. The fraction of sp³-hybridized carbons (Fsp3) is 0.444. The summed E-state index contributed by atoms with van der Waals surface area (Å²) in [5, 5.41) is 3.28. The van der Waals surface area contributed by atoms with Gasteiger partial charge < -0.3 is 5.32 Å². The van der Waals surface area contributed by atoms with Gasteiger partial charge in [-0.3, -0.25) is 4.98 Å². The average molecular weight is 395 g/mol. The van der Waals surface area contributed by atoms with Crippen LogP contribution in [-0.4, -0.2) is 18.1 Å². The Hall–Kier alpha value is -2.19. The topological polar surface area (TPSA) is 24.9 Å². The molecular formula is C27H42N2. The number of hydrogen-bond acceptors (Lipinski definition) is 2. The minimum absolute atomic E-state index is 1.08. The number of nitrogens with one attached hydrogen (secondary N) is 1. The van der Waals surface area contributed by atoms with Gasteiger partial charge in [-0.15, -0.1) is 6.58 Å². The zero-order chi connectivity index (χ0) is 22.1. The van der Waals surface area contributed by atoms with E-state index in [4.69, 9.17) is 0 Å². The molecule has 2 nitrogen and oxygen atoms in total. The minimum atomic E-state index is 1.08. The number of allylic oxidation sites excluding steroid dienone is 2. The highest BCUT2D eigenvalue weighted by atomic mass is 14.9. The van der Waals surface area contributed by atoms with E-state index in [9.17, 15) is 0 Å².